The molecule has 0 unspecified atom stereocenters. The van der Waals surface area contributed by atoms with E-state index in [-0.39, 0.29) is 32.1 Å². The number of carbonyl (C=O) groups excluding carboxylic acids is 1. The lowest BCUT2D eigenvalue weighted by atomic mass is 9.79. The average Bonchev–Trinajstić information content (AvgIpc) is 3.10. The molecule has 2 atom stereocenters. The third-order valence-electron chi connectivity index (χ3n) is 5.87. The summed E-state index contributed by atoms with van der Waals surface area (Å²) in [4.78, 5) is 27.2. The fraction of sp³-hybridized carbons (Fsp3) is 0.391. The molecule has 1 aliphatic rings. The molecule has 1 amide bonds. The third kappa shape index (κ3) is 4.85. The number of carboxylic acid groups (broad SMARTS) is 1. The number of hydrogen-bond donors (Lipinski definition) is 2. The monoisotopic (exact) mass is 438 g/mol. The minimum atomic E-state index is -1.29. The van der Waals surface area contributed by atoms with Gasteiger partial charge >= 0.3 is 12.1 Å². The van der Waals surface area contributed by atoms with Gasteiger partial charge in [-0.2, -0.15) is 0 Å². The van der Waals surface area contributed by atoms with E-state index in [1.54, 1.807) is 6.92 Å². The number of carboxylic acids is 1. The number of azide groups is 1. The summed E-state index contributed by atoms with van der Waals surface area (Å²) < 4.78 is 10.7. The Morgan fingerprint density at radius 3 is 2.31 bits per heavy atom. The van der Waals surface area contributed by atoms with Crippen molar-refractivity contribution in [3.63, 3.8) is 0 Å². The normalized spacial score (nSPS) is 14.9. The molecular formula is C23H26N4O5. The van der Waals surface area contributed by atoms with Crippen LogP contribution in [0.1, 0.15) is 30.4 Å². The number of rotatable bonds is 10. The number of alkyl carbamates (subject to hydrolysis) is 1. The van der Waals surface area contributed by atoms with Crippen molar-refractivity contribution >= 4 is 12.1 Å². The lowest BCUT2D eigenvalue weighted by molar-refractivity contribution is -0.144. The fourth-order valence-corrected chi connectivity index (χ4v) is 4.27. The maximum Gasteiger partial charge on any atom is 0.407 e. The summed E-state index contributed by atoms with van der Waals surface area (Å²) in [7, 11) is 1.44. The van der Waals surface area contributed by atoms with Crippen molar-refractivity contribution in [3.8, 4) is 11.1 Å². The van der Waals surface area contributed by atoms with Crippen LogP contribution in [0.5, 0.6) is 0 Å². The Hall–Kier alpha value is -3.55. The van der Waals surface area contributed by atoms with Gasteiger partial charge in [0, 0.05) is 29.9 Å². The van der Waals surface area contributed by atoms with Crippen molar-refractivity contribution in [2.24, 2.45) is 10.5 Å². The molecule has 0 aliphatic heterocycles. The van der Waals surface area contributed by atoms with E-state index in [1.807, 2.05) is 48.5 Å². The van der Waals surface area contributed by atoms with Crippen LogP contribution in [-0.2, 0) is 14.3 Å². The number of nitrogens with one attached hydrogen (secondary N) is 1. The van der Waals surface area contributed by atoms with E-state index >= 15 is 0 Å². The maximum absolute atomic E-state index is 12.6. The van der Waals surface area contributed by atoms with Gasteiger partial charge in [-0.25, -0.2) is 9.59 Å². The predicted molar refractivity (Wildman–Crippen MR) is 118 cm³/mol. The Morgan fingerprint density at radius 2 is 1.78 bits per heavy atom. The highest BCUT2D eigenvalue weighted by atomic mass is 16.5. The van der Waals surface area contributed by atoms with E-state index in [4.69, 9.17) is 15.0 Å². The van der Waals surface area contributed by atoms with E-state index in [2.05, 4.69) is 15.3 Å². The molecular weight excluding hydrogens is 412 g/mol. The summed E-state index contributed by atoms with van der Waals surface area (Å²) in [6.45, 7) is 1.86. The van der Waals surface area contributed by atoms with Crippen LogP contribution in [0.15, 0.2) is 53.6 Å². The van der Waals surface area contributed by atoms with Crippen LogP contribution in [0.3, 0.4) is 0 Å². The van der Waals surface area contributed by atoms with Crippen LogP contribution < -0.4 is 5.32 Å². The first kappa shape index (κ1) is 23.1. The van der Waals surface area contributed by atoms with E-state index in [1.165, 1.54) is 7.11 Å². The van der Waals surface area contributed by atoms with Crippen molar-refractivity contribution < 1.29 is 24.2 Å². The molecule has 0 saturated heterocycles. The largest absolute Gasteiger partial charge is 0.480 e. The molecule has 32 heavy (non-hydrogen) atoms. The Morgan fingerprint density at radius 1 is 1.19 bits per heavy atom. The number of amides is 1. The molecule has 2 aromatic rings. The molecule has 3 rings (SSSR count). The van der Waals surface area contributed by atoms with Crippen molar-refractivity contribution in [2.75, 3.05) is 26.9 Å². The van der Waals surface area contributed by atoms with Crippen LogP contribution in [0.2, 0.25) is 0 Å². The number of aliphatic carboxylic acids is 1. The van der Waals surface area contributed by atoms with Gasteiger partial charge in [-0.1, -0.05) is 60.6 Å². The van der Waals surface area contributed by atoms with E-state index in [0.29, 0.717) is 0 Å². The van der Waals surface area contributed by atoms with Gasteiger partial charge in [0.1, 0.15) is 12.6 Å². The van der Waals surface area contributed by atoms with Gasteiger partial charge in [-0.15, -0.1) is 0 Å². The molecule has 9 heteroatoms. The molecule has 0 spiro atoms. The minimum Gasteiger partial charge on any atom is -0.480 e. The van der Waals surface area contributed by atoms with E-state index < -0.39 is 23.5 Å². The van der Waals surface area contributed by atoms with Gasteiger partial charge in [-0.3, -0.25) is 0 Å². The zero-order valence-electron chi connectivity index (χ0n) is 18.0. The standard InChI is InChI=1S/C23H26N4O5/c1-23(14-31-2,11-12-25-27-24)20(21(28)29)26-22(30)32-13-19-17-9-5-3-7-15(17)16-8-4-6-10-18(16)19/h3-10,19-20H,11-14H2,1-2H3,(H,26,30)(H,28,29)/t20-,23-/m1/s1. The first-order valence-corrected chi connectivity index (χ1v) is 10.3. The summed E-state index contributed by atoms with van der Waals surface area (Å²) in [5.41, 5.74) is 11.9. The lowest BCUT2D eigenvalue weighted by Gasteiger charge is -2.34. The van der Waals surface area contributed by atoms with Crippen molar-refractivity contribution in [1.29, 1.82) is 0 Å². The molecule has 9 nitrogen and oxygen atoms in total. The zero-order valence-corrected chi connectivity index (χ0v) is 18.0. The number of hydrogen-bond acceptors (Lipinski definition) is 5. The SMILES string of the molecule is COC[C@@](C)(CCN=[N+]=[N-])[C@H](NC(=O)OCC1c2ccccc2-c2ccccc21)C(=O)O. The van der Waals surface area contributed by atoms with E-state index in [9.17, 15) is 14.7 Å². The molecule has 2 N–H and O–H groups in total. The highest BCUT2D eigenvalue weighted by Crippen LogP contribution is 2.44. The molecule has 0 saturated carbocycles. The molecule has 2 aromatic carbocycles. The van der Waals surface area contributed by atoms with Crippen LogP contribution in [0.4, 0.5) is 4.79 Å². The Bertz CT molecular complexity index is 991. The quantitative estimate of drug-likeness (QED) is 0.323. The second kappa shape index (κ2) is 10.2. The summed E-state index contributed by atoms with van der Waals surface area (Å²) in [6, 6.07) is 14.6. The van der Waals surface area contributed by atoms with E-state index in [0.717, 1.165) is 22.3 Å². The second-order valence-electron chi connectivity index (χ2n) is 8.03. The molecule has 0 bridgehead atoms. The number of ether oxygens (including phenoxy) is 2. The number of carbonyl (C=O) groups is 2. The molecule has 0 fully saturated rings. The summed E-state index contributed by atoms with van der Waals surface area (Å²) in [5.74, 6) is -1.36. The highest BCUT2D eigenvalue weighted by Gasteiger charge is 2.41. The fourth-order valence-electron chi connectivity index (χ4n) is 4.27. The maximum atomic E-state index is 12.6. The van der Waals surface area contributed by atoms with Crippen LogP contribution >= 0.6 is 0 Å². The van der Waals surface area contributed by atoms with Crippen molar-refractivity contribution in [1.82, 2.24) is 5.32 Å². The predicted octanol–water partition coefficient (Wildman–Crippen LogP) is 4.33. The number of nitrogens with zero attached hydrogens (tertiary/aromatic N) is 3. The summed E-state index contributed by atoms with van der Waals surface area (Å²) in [6.07, 6.45) is -0.615. The Labute approximate surface area is 186 Å². The average molecular weight is 438 g/mol. The topological polar surface area (TPSA) is 134 Å². The van der Waals surface area contributed by atoms with Gasteiger partial charge < -0.3 is 19.9 Å². The van der Waals surface area contributed by atoms with Crippen LogP contribution in [-0.4, -0.2) is 50.1 Å². The second-order valence-corrected chi connectivity index (χ2v) is 8.03. The van der Waals surface area contributed by atoms with Gasteiger partial charge in [0.2, 0.25) is 0 Å². The smallest absolute Gasteiger partial charge is 0.407 e. The number of benzene rings is 2. The molecule has 168 valence electrons. The molecule has 0 heterocycles. The van der Waals surface area contributed by atoms with Crippen LogP contribution in [0.25, 0.3) is 21.6 Å². The van der Waals surface area contributed by atoms with Gasteiger partial charge in [0.15, 0.2) is 0 Å². The Balaban J connectivity index is 1.72. The number of fused-ring (bicyclic) bond motifs is 3. The third-order valence-corrected chi connectivity index (χ3v) is 5.87. The highest BCUT2D eigenvalue weighted by molar-refractivity contribution is 5.81. The Kier molecular flexibility index (Phi) is 7.35. The lowest BCUT2D eigenvalue weighted by Crippen LogP contribution is -2.53. The van der Waals surface area contributed by atoms with Gasteiger partial charge in [-0.05, 0) is 34.2 Å². The van der Waals surface area contributed by atoms with Crippen molar-refractivity contribution in [2.45, 2.75) is 25.3 Å². The summed E-state index contributed by atoms with van der Waals surface area (Å²) >= 11 is 0. The number of methoxy groups -OCH3 is 1. The first-order chi connectivity index (χ1) is 15.4. The zero-order chi connectivity index (χ0) is 23.1. The molecule has 0 radical (unpaired) electrons. The first-order valence-electron chi connectivity index (χ1n) is 10.3. The van der Waals surface area contributed by atoms with Gasteiger partial charge in [0.05, 0.1) is 6.61 Å². The van der Waals surface area contributed by atoms with Crippen LogP contribution in [0, 0.1) is 5.41 Å². The summed E-state index contributed by atoms with van der Waals surface area (Å²) in [5, 5.41) is 15.7. The van der Waals surface area contributed by atoms with Crippen molar-refractivity contribution in [3.05, 3.63) is 70.1 Å². The molecule has 0 aromatic heterocycles. The van der Waals surface area contributed by atoms with Gasteiger partial charge in [0.25, 0.3) is 0 Å². The minimum absolute atomic E-state index is 0.0502. The molecule has 1 aliphatic carbocycles.